The maximum Gasteiger partial charge on any atom is 0.213 e. The molecule has 3 heterocycles. The predicted octanol–water partition coefficient (Wildman–Crippen LogP) is 2.58. The van der Waals surface area contributed by atoms with Crippen molar-refractivity contribution in [1.29, 1.82) is 0 Å². The van der Waals surface area contributed by atoms with Crippen molar-refractivity contribution in [2.24, 2.45) is 4.99 Å². The SMILES string of the molecule is CN=C(NCc1ncc(C(C)(C)C)o1)NC1CC2CCC1O2.I. The third kappa shape index (κ3) is 4.37. The van der Waals surface area contributed by atoms with E-state index in [4.69, 9.17) is 9.15 Å². The molecule has 0 aromatic carbocycles. The van der Waals surface area contributed by atoms with E-state index in [0.717, 1.165) is 24.6 Å². The average molecular weight is 434 g/mol. The van der Waals surface area contributed by atoms with Crippen LogP contribution in [0.4, 0.5) is 0 Å². The Morgan fingerprint density at radius 2 is 2.17 bits per heavy atom. The summed E-state index contributed by atoms with van der Waals surface area (Å²) in [4.78, 5) is 8.60. The number of hydrogen-bond donors (Lipinski definition) is 2. The predicted molar refractivity (Wildman–Crippen MR) is 100 cm³/mol. The first-order valence-electron chi connectivity index (χ1n) is 8.03. The molecule has 3 atom stereocenters. The Bertz CT molecular complexity index is 553. The number of nitrogens with one attached hydrogen (secondary N) is 2. The molecule has 0 saturated carbocycles. The smallest absolute Gasteiger partial charge is 0.213 e. The molecular weight excluding hydrogens is 407 g/mol. The molecule has 2 aliphatic heterocycles. The zero-order chi connectivity index (χ0) is 15.7. The normalized spacial score (nSPS) is 27.0. The molecule has 2 saturated heterocycles. The monoisotopic (exact) mass is 434 g/mol. The summed E-state index contributed by atoms with van der Waals surface area (Å²) in [6.45, 7) is 6.86. The topological polar surface area (TPSA) is 71.7 Å². The lowest BCUT2D eigenvalue weighted by molar-refractivity contribution is 0.0992. The fourth-order valence-electron chi connectivity index (χ4n) is 3.06. The minimum absolute atomic E-state index is 0. The van der Waals surface area contributed by atoms with Gasteiger partial charge >= 0.3 is 0 Å². The molecule has 130 valence electrons. The van der Waals surface area contributed by atoms with E-state index in [9.17, 15) is 0 Å². The largest absolute Gasteiger partial charge is 0.443 e. The summed E-state index contributed by atoms with van der Waals surface area (Å²) in [6, 6.07) is 0.361. The number of hydrogen-bond acceptors (Lipinski definition) is 4. The quantitative estimate of drug-likeness (QED) is 0.435. The molecule has 0 aliphatic carbocycles. The van der Waals surface area contributed by atoms with Crippen molar-refractivity contribution in [2.75, 3.05) is 7.05 Å². The van der Waals surface area contributed by atoms with Gasteiger partial charge in [-0.3, -0.25) is 4.99 Å². The van der Waals surface area contributed by atoms with Crippen LogP contribution in [0, 0.1) is 0 Å². The number of aliphatic imine (C=N–C) groups is 1. The molecule has 23 heavy (non-hydrogen) atoms. The summed E-state index contributed by atoms with van der Waals surface area (Å²) in [5, 5.41) is 6.71. The Morgan fingerprint density at radius 3 is 2.70 bits per heavy atom. The summed E-state index contributed by atoms with van der Waals surface area (Å²) in [5.41, 5.74) is -0.0222. The van der Waals surface area contributed by atoms with Gasteiger partial charge in [-0.15, -0.1) is 24.0 Å². The van der Waals surface area contributed by atoms with Crippen molar-refractivity contribution >= 4 is 29.9 Å². The van der Waals surface area contributed by atoms with Gasteiger partial charge in [0, 0.05) is 12.5 Å². The van der Waals surface area contributed by atoms with E-state index in [1.54, 1.807) is 13.2 Å². The van der Waals surface area contributed by atoms with Crippen molar-refractivity contribution in [3.05, 3.63) is 17.8 Å². The van der Waals surface area contributed by atoms with Gasteiger partial charge in [0.2, 0.25) is 5.89 Å². The maximum absolute atomic E-state index is 5.86. The fraction of sp³-hybridized carbons (Fsp3) is 0.750. The number of ether oxygens (including phenoxy) is 1. The van der Waals surface area contributed by atoms with Gasteiger partial charge in [-0.2, -0.15) is 0 Å². The van der Waals surface area contributed by atoms with Crippen LogP contribution in [0.1, 0.15) is 51.7 Å². The van der Waals surface area contributed by atoms with Crippen LogP contribution in [0.5, 0.6) is 0 Å². The molecule has 0 spiro atoms. The average Bonchev–Trinajstić information content (AvgIpc) is 3.18. The second-order valence-electron chi connectivity index (χ2n) is 7.15. The Hall–Kier alpha value is -0.830. The van der Waals surface area contributed by atoms with Crippen molar-refractivity contribution in [3.8, 4) is 0 Å². The highest BCUT2D eigenvalue weighted by Crippen LogP contribution is 2.34. The molecule has 1 aromatic heterocycles. The van der Waals surface area contributed by atoms with Crippen LogP contribution in [0.25, 0.3) is 0 Å². The molecule has 3 rings (SSSR count). The van der Waals surface area contributed by atoms with Gasteiger partial charge < -0.3 is 19.8 Å². The standard InChI is InChI=1S/C16H26N4O2.HI/c1-16(2,3)13-8-18-14(22-13)9-19-15(17-4)20-11-7-10-5-6-12(11)21-10;/h8,10-12H,5-7,9H2,1-4H3,(H2,17,19,20);1H. The van der Waals surface area contributed by atoms with Crippen molar-refractivity contribution in [2.45, 2.75) is 70.2 Å². The minimum atomic E-state index is -0.0222. The van der Waals surface area contributed by atoms with Gasteiger partial charge in [-0.1, -0.05) is 20.8 Å². The molecule has 2 fully saturated rings. The van der Waals surface area contributed by atoms with E-state index < -0.39 is 0 Å². The van der Waals surface area contributed by atoms with Gasteiger partial charge in [0.25, 0.3) is 0 Å². The number of nitrogens with zero attached hydrogens (tertiary/aromatic N) is 2. The van der Waals surface area contributed by atoms with Crippen LogP contribution < -0.4 is 10.6 Å². The van der Waals surface area contributed by atoms with Crippen LogP contribution in [-0.2, 0) is 16.7 Å². The summed E-state index contributed by atoms with van der Waals surface area (Å²) in [5.74, 6) is 2.35. The summed E-state index contributed by atoms with van der Waals surface area (Å²) in [6.07, 6.45) is 5.98. The number of halogens is 1. The first-order valence-corrected chi connectivity index (χ1v) is 8.03. The second-order valence-corrected chi connectivity index (χ2v) is 7.15. The molecule has 0 amide bonds. The van der Waals surface area contributed by atoms with Crippen LogP contribution in [0.2, 0.25) is 0 Å². The molecule has 7 heteroatoms. The lowest BCUT2D eigenvalue weighted by atomic mass is 9.94. The number of aromatic nitrogens is 1. The van der Waals surface area contributed by atoms with Crippen LogP contribution in [-0.4, -0.2) is 36.2 Å². The summed E-state index contributed by atoms with van der Waals surface area (Å²) >= 11 is 0. The Labute approximate surface area is 154 Å². The fourth-order valence-corrected chi connectivity index (χ4v) is 3.06. The van der Waals surface area contributed by atoms with E-state index in [-0.39, 0.29) is 29.4 Å². The van der Waals surface area contributed by atoms with Gasteiger partial charge in [0.1, 0.15) is 5.76 Å². The second kappa shape index (κ2) is 7.38. The van der Waals surface area contributed by atoms with Crippen molar-refractivity contribution in [3.63, 3.8) is 0 Å². The van der Waals surface area contributed by atoms with Gasteiger partial charge in [-0.05, 0) is 19.3 Å². The lowest BCUT2D eigenvalue weighted by Gasteiger charge is -2.22. The van der Waals surface area contributed by atoms with Crippen molar-refractivity contribution < 1.29 is 9.15 Å². The highest BCUT2D eigenvalue weighted by Gasteiger charge is 2.41. The third-order valence-corrected chi connectivity index (χ3v) is 4.35. The lowest BCUT2D eigenvalue weighted by Crippen LogP contribution is -2.47. The number of oxazole rings is 1. The van der Waals surface area contributed by atoms with E-state index in [2.05, 4.69) is 41.4 Å². The molecule has 6 nitrogen and oxygen atoms in total. The van der Waals surface area contributed by atoms with E-state index in [1.807, 2.05) is 0 Å². The van der Waals surface area contributed by atoms with Gasteiger partial charge in [0.05, 0.1) is 31.0 Å². The summed E-state index contributed by atoms with van der Waals surface area (Å²) in [7, 11) is 1.78. The molecule has 0 radical (unpaired) electrons. The third-order valence-electron chi connectivity index (χ3n) is 4.35. The molecule has 3 unspecified atom stereocenters. The zero-order valence-electron chi connectivity index (χ0n) is 14.3. The van der Waals surface area contributed by atoms with Crippen LogP contribution >= 0.6 is 24.0 Å². The van der Waals surface area contributed by atoms with Crippen molar-refractivity contribution in [1.82, 2.24) is 15.6 Å². The number of rotatable bonds is 3. The first kappa shape index (κ1) is 18.5. The molecule has 1 aromatic rings. The Balaban J connectivity index is 0.00000192. The zero-order valence-corrected chi connectivity index (χ0v) is 16.6. The Kier molecular flexibility index (Phi) is 5.94. The molecular formula is C16H27IN4O2. The number of guanidine groups is 1. The number of fused-ring (bicyclic) bond motifs is 2. The molecule has 2 aliphatic rings. The highest BCUT2D eigenvalue weighted by atomic mass is 127. The maximum atomic E-state index is 5.86. The van der Waals surface area contributed by atoms with Gasteiger partial charge in [0.15, 0.2) is 5.96 Å². The van der Waals surface area contributed by atoms with E-state index >= 15 is 0 Å². The molecule has 2 bridgehead atoms. The van der Waals surface area contributed by atoms with Gasteiger partial charge in [-0.25, -0.2) is 4.98 Å². The van der Waals surface area contributed by atoms with E-state index in [0.29, 0.717) is 30.7 Å². The van der Waals surface area contributed by atoms with Crippen LogP contribution in [0.3, 0.4) is 0 Å². The summed E-state index contributed by atoms with van der Waals surface area (Å²) < 4.78 is 11.6. The highest BCUT2D eigenvalue weighted by molar-refractivity contribution is 14.0. The van der Waals surface area contributed by atoms with E-state index in [1.165, 1.54) is 6.42 Å². The first-order chi connectivity index (χ1) is 10.5. The molecule has 2 N–H and O–H groups in total. The van der Waals surface area contributed by atoms with Crippen LogP contribution in [0.15, 0.2) is 15.6 Å². The Morgan fingerprint density at radius 1 is 1.39 bits per heavy atom. The minimum Gasteiger partial charge on any atom is -0.443 e.